The van der Waals surface area contributed by atoms with Gasteiger partial charge in [0.25, 0.3) is 0 Å². The summed E-state index contributed by atoms with van der Waals surface area (Å²) in [5.74, 6) is 1.35. The summed E-state index contributed by atoms with van der Waals surface area (Å²) in [6.07, 6.45) is 7.51. The predicted octanol–water partition coefficient (Wildman–Crippen LogP) is 3.80. The van der Waals surface area contributed by atoms with Crippen LogP contribution in [0.2, 0.25) is 0 Å². The van der Waals surface area contributed by atoms with E-state index < -0.39 is 0 Å². The molecule has 0 unspecified atom stereocenters. The number of carbonyl (C=O) groups excluding carboxylic acids is 1. The van der Waals surface area contributed by atoms with Crippen molar-refractivity contribution in [2.24, 2.45) is 0 Å². The van der Waals surface area contributed by atoms with Gasteiger partial charge in [0.15, 0.2) is 0 Å². The van der Waals surface area contributed by atoms with Gasteiger partial charge in [-0.15, -0.1) is 10.2 Å². The zero-order valence-electron chi connectivity index (χ0n) is 14.9. The lowest BCUT2D eigenvalue weighted by Crippen LogP contribution is -2.35. The first-order chi connectivity index (χ1) is 12.2. The van der Waals surface area contributed by atoms with Crippen molar-refractivity contribution in [1.82, 2.24) is 15.1 Å². The summed E-state index contributed by atoms with van der Waals surface area (Å²) in [7, 11) is 1.94. The van der Waals surface area contributed by atoms with Crippen molar-refractivity contribution in [2.75, 3.05) is 13.3 Å². The van der Waals surface area contributed by atoms with Crippen molar-refractivity contribution >= 4 is 17.7 Å². The van der Waals surface area contributed by atoms with Crippen LogP contribution in [0.1, 0.15) is 38.0 Å². The van der Waals surface area contributed by atoms with Crippen LogP contribution in [0.5, 0.6) is 0 Å². The minimum atomic E-state index is 0.217. The van der Waals surface area contributed by atoms with Crippen LogP contribution in [-0.4, -0.2) is 45.6 Å². The molecule has 1 amide bonds. The number of thioether (sulfide) groups is 1. The Kier molecular flexibility index (Phi) is 6.13. The topological polar surface area (TPSA) is 59.2 Å². The second kappa shape index (κ2) is 8.52. The molecule has 1 aromatic carbocycles. The molecule has 3 rings (SSSR count). The minimum Gasteiger partial charge on any atom is -0.421 e. The summed E-state index contributed by atoms with van der Waals surface area (Å²) in [6, 6.07) is 10.1. The zero-order valence-corrected chi connectivity index (χ0v) is 15.7. The predicted molar refractivity (Wildman–Crippen MR) is 100 cm³/mol. The Balaban J connectivity index is 1.45. The van der Waals surface area contributed by atoms with Gasteiger partial charge in [0.1, 0.15) is 0 Å². The Hall–Kier alpha value is -1.82. The van der Waals surface area contributed by atoms with E-state index in [4.69, 9.17) is 4.42 Å². The third kappa shape index (κ3) is 4.63. The first-order valence-electron chi connectivity index (χ1n) is 8.83. The van der Waals surface area contributed by atoms with Gasteiger partial charge in [0.05, 0.1) is 0 Å². The lowest BCUT2D eigenvalue weighted by atomic mass is 10.1. The molecule has 1 aliphatic carbocycles. The molecule has 0 aliphatic heterocycles. The van der Waals surface area contributed by atoms with Gasteiger partial charge >= 0.3 is 0 Å². The Bertz CT molecular complexity index is 689. The van der Waals surface area contributed by atoms with Crippen molar-refractivity contribution in [2.45, 2.75) is 49.8 Å². The van der Waals surface area contributed by atoms with Crippen molar-refractivity contribution in [3.8, 4) is 11.5 Å². The Morgan fingerprint density at radius 2 is 2.08 bits per heavy atom. The van der Waals surface area contributed by atoms with Crippen molar-refractivity contribution in [3.63, 3.8) is 0 Å². The molecule has 25 heavy (non-hydrogen) atoms. The number of hydrogen-bond acceptors (Lipinski definition) is 5. The number of amides is 1. The lowest BCUT2D eigenvalue weighted by molar-refractivity contribution is -0.131. The Labute approximate surface area is 153 Å². The van der Waals surface area contributed by atoms with E-state index in [0.29, 0.717) is 35.9 Å². The summed E-state index contributed by atoms with van der Waals surface area (Å²) in [4.78, 5) is 14.3. The van der Waals surface area contributed by atoms with E-state index in [9.17, 15) is 4.79 Å². The van der Waals surface area contributed by atoms with Crippen molar-refractivity contribution in [1.29, 1.82) is 0 Å². The molecular formula is C19H25N3O2S. The molecular weight excluding hydrogens is 334 g/mol. The number of aryl methyl sites for hydroxylation is 1. The smallest absolute Gasteiger partial charge is 0.247 e. The monoisotopic (exact) mass is 359 g/mol. The van der Waals surface area contributed by atoms with Gasteiger partial charge < -0.3 is 9.32 Å². The van der Waals surface area contributed by atoms with Gasteiger partial charge in [0.2, 0.25) is 17.7 Å². The van der Waals surface area contributed by atoms with Crippen LogP contribution < -0.4 is 0 Å². The van der Waals surface area contributed by atoms with Gasteiger partial charge in [-0.1, -0.05) is 18.2 Å². The molecule has 1 heterocycles. The summed E-state index contributed by atoms with van der Waals surface area (Å²) in [5.41, 5.74) is 0.918. The molecule has 0 spiro atoms. The number of carbonyl (C=O) groups is 1. The number of aromatic nitrogens is 2. The standard InChI is InChI=1S/C19H25N3O2S/c1-22(15-11-12-16(13-15)25-2)18(23)10-6-9-17-20-21-19(24-17)14-7-4-3-5-8-14/h3-5,7-8,15-16H,6,9-13H2,1-2H3/t15-,16-/m0/s1. The van der Waals surface area contributed by atoms with Crippen LogP contribution in [0.3, 0.4) is 0 Å². The van der Waals surface area contributed by atoms with E-state index >= 15 is 0 Å². The van der Waals surface area contributed by atoms with Crippen molar-refractivity contribution in [3.05, 3.63) is 36.2 Å². The number of benzene rings is 1. The fourth-order valence-corrected chi connectivity index (χ4v) is 4.09. The van der Waals surface area contributed by atoms with E-state index in [1.165, 1.54) is 6.42 Å². The molecule has 1 aromatic heterocycles. The van der Waals surface area contributed by atoms with Crippen LogP contribution in [0.15, 0.2) is 34.7 Å². The second-order valence-electron chi connectivity index (χ2n) is 6.55. The van der Waals surface area contributed by atoms with Crippen LogP contribution in [-0.2, 0) is 11.2 Å². The van der Waals surface area contributed by atoms with Crippen LogP contribution >= 0.6 is 11.8 Å². The molecule has 0 bridgehead atoms. The van der Waals surface area contributed by atoms with E-state index in [1.807, 2.05) is 54.0 Å². The zero-order chi connectivity index (χ0) is 17.6. The molecule has 6 heteroatoms. The van der Waals surface area contributed by atoms with Crippen LogP contribution in [0, 0.1) is 0 Å². The normalized spacial score (nSPS) is 19.9. The van der Waals surface area contributed by atoms with Crippen LogP contribution in [0.25, 0.3) is 11.5 Å². The quantitative estimate of drug-likeness (QED) is 0.752. The minimum absolute atomic E-state index is 0.217. The highest BCUT2D eigenvalue weighted by Crippen LogP contribution is 2.31. The van der Waals surface area contributed by atoms with Crippen LogP contribution in [0.4, 0.5) is 0 Å². The lowest BCUT2D eigenvalue weighted by Gasteiger charge is -2.24. The van der Waals surface area contributed by atoms with E-state index in [1.54, 1.807) is 0 Å². The molecule has 134 valence electrons. The molecule has 2 aromatic rings. The SMILES string of the molecule is CS[C@H]1CC[C@H](N(C)C(=O)CCCc2nnc(-c3ccccc3)o2)C1. The molecule has 0 N–H and O–H groups in total. The maximum absolute atomic E-state index is 12.4. The first-order valence-corrected chi connectivity index (χ1v) is 10.1. The third-order valence-corrected chi connectivity index (χ3v) is 5.99. The number of hydrogen-bond donors (Lipinski definition) is 0. The fraction of sp³-hybridized carbons (Fsp3) is 0.526. The first kappa shape index (κ1) is 18.0. The van der Waals surface area contributed by atoms with E-state index in [0.717, 1.165) is 24.8 Å². The van der Waals surface area contributed by atoms with Gasteiger partial charge in [-0.3, -0.25) is 4.79 Å². The maximum Gasteiger partial charge on any atom is 0.247 e. The maximum atomic E-state index is 12.4. The Morgan fingerprint density at radius 1 is 1.28 bits per heavy atom. The highest BCUT2D eigenvalue weighted by molar-refractivity contribution is 7.99. The largest absolute Gasteiger partial charge is 0.421 e. The van der Waals surface area contributed by atoms with E-state index in [-0.39, 0.29) is 5.91 Å². The number of rotatable bonds is 7. The van der Waals surface area contributed by atoms with Gasteiger partial charge in [-0.25, -0.2) is 0 Å². The summed E-state index contributed by atoms with van der Waals surface area (Å²) in [5, 5.41) is 8.88. The highest BCUT2D eigenvalue weighted by Gasteiger charge is 2.29. The molecule has 1 aliphatic rings. The summed E-state index contributed by atoms with van der Waals surface area (Å²) < 4.78 is 5.69. The average molecular weight is 359 g/mol. The van der Waals surface area contributed by atoms with E-state index in [2.05, 4.69) is 16.5 Å². The average Bonchev–Trinajstić information content (AvgIpc) is 3.31. The second-order valence-corrected chi connectivity index (χ2v) is 7.69. The number of nitrogens with zero attached hydrogens (tertiary/aromatic N) is 3. The highest BCUT2D eigenvalue weighted by atomic mass is 32.2. The molecule has 0 radical (unpaired) electrons. The summed E-state index contributed by atoms with van der Waals surface area (Å²) in [6.45, 7) is 0. The van der Waals surface area contributed by atoms with Gasteiger partial charge in [0, 0.05) is 36.7 Å². The molecule has 1 fully saturated rings. The Morgan fingerprint density at radius 3 is 2.80 bits per heavy atom. The molecule has 1 saturated carbocycles. The molecule has 2 atom stereocenters. The summed E-state index contributed by atoms with van der Waals surface area (Å²) >= 11 is 1.92. The molecule has 5 nitrogen and oxygen atoms in total. The van der Waals surface area contributed by atoms with Gasteiger partial charge in [-0.05, 0) is 44.1 Å². The van der Waals surface area contributed by atoms with Gasteiger partial charge in [-0.2, -0.15) is 11.8 Å². The van der Waals surface area contributed by atoms with Crippen molar-refractivity contribution < 1.29 is 9.21 Å². The third-order valence-electron chi connectivity index (χ3n) is 4.90. The fourth-order valence-electron chi connectivity index (χ4n) is 3.31. The molecule has 0 saturated heterocycles.